The molecule has 27 heavy (non-hydrogen) atoms. The molecule has 2 heterocycles. The molecule has 2 unspecified atom stereocenters. The van der Waals surface area contributed by atoms with Crippen LogP contribution in [0.1, 0.15) is 17.4 Å². The van der Waals surface area contributed by atoms with Crippen LogP contribution in [0.5, 0.6) is 0 Å². The van der Waals surface area contributed by atoms with Gasteiger partial charge < -0.3 is 9.88 Å². The summed E-state index contributed by atoms with van der Waals surface area (Å²) in [6, 6.07) is -0.848. The number of carbonyl (C=O) groups excluding carboxylic acids is 1. The fourth-order valence-electron chi connectivity index (χ4n) is 1.98. The lowest BCUT2D eigenvalue weighted by Gasteiger charge is -2.15. The van der Waals surface area contributed by atoms with Gasteiger partial charge in [0.05, 0.1) is 5.69 Å². The van der Waals surface area contributed by atoms with Gasteiger partial charge in [0.1, 0.15) is 27.6 Å². The van der Waals surface area contributed by atoms with E-state index in [0.29, 0.717) is 19.1 Å². The van der Waals surface area contributed by atoms with Crippen LogP contribution in [0.25, 0.3) is 0 Å². The number of pyridine rings is 1. The summed E-state index contributed by atoms with van der Waals surface area (Å²) < 4.78 is 92.6. The Kier molecular flexibility index (Phi) is 5.94. The minimum absolute atomic E-state index is 0.364. The molecular weight excluding hydrogens is 402 g/mol. The van der Waals surface area contributed by atoms with Crippen molar-refractivity contribution >= 4 is 22.6 Å². The fraction of sp³-hybridized carbons (Fsp3) is 0.286. The van der Waals surface area contributed by atoms with E-state index in [2.05, 4.69) is 4.98 Å². The van der Waals surface area contributed by atoms with Crippen molar-refractivity contribution in [1.29, 1.82) is 0 Å². The van der Waals surface area contributed by atoms with Crippen LogP contribution in [0.2, 0.25) is 0 Å². The van der Waals surface area contributed by atoms with Crippen molar-refractivity contribution in [3.05, 3.63) is 41.7 Å². The molecule has 0 aliphatic carbocycles. The topological polar surface area (TPSA) is 76.0 Å². The van der Waals surface area contributed by atoms with Crippen molar-refractivity contribution in [2.45, 2.75) is 24.0 Å². The first kappa shape index (κ1) is 20.9. The van der Waals surface area contributed by atoms with Gasteiger partial charge in [0.15, 0.2) is 5.82 Å². The molecule has 0 radical (unpaired) electrons. The molecule has 0 bridgehead atoms. The first-order valence-corrected chi connectivity index (χ1v) is 8.29. The van der Waals surface area contributed by atoms with E-state index in [-0.39, 0.29) is 5.69 Å². The molecule has 0 saturated heterocycles. The van der Waals surface area contributed by atoms with Gasteiger partial charge in [-0.05, 0) is 6.92 Å². The molecule has 0 aliphatic heterocycles. The summed E-state index contributed by atoms with van der Waals surface area (Å²) in [5, 5.41) is 2.02. The van der Waals surface area contributed by atoms with Crippen LogP contribution in [0.3, 0.4) is 0 Å². The molecule has 2 aromatic rings. The second kappa shape index (κ2) is 7.68. The van der Waals surface area contributed by atoms with Crippen LogP contribution in [-0.2, 0) is 18.0 Å². The smallest absolute Gasteiger partial charge is 0.343 e. The summed E-state index contributed by atoms with van der Waals surface area (Å²) in [6.45, 7) is 0.693. The van der Waals surface area contributed by atoms with Gasteiger partial charge in [-0.1, -0.05) is 0 Å². The third-order valence-electron chi connectivity index (χ3n) is 3.30. The standard InChI is InChI=1S/C14H12F6N4O2S/c1-6(14(18,19)20)23-27(26)8-5-24(2)12(11(8)17)13(25)21-7-3-9(15)22-10(16)4-7/h3-6,23H,1-2H3,(H,21,22,25). The average molecular weight is 414 g/mol. The molecule has 0 spiro atoms. The van der Waals surface area contributed by atoms with Crippen molar-refractivity contribution in [1.82, 2.24) is 14.3 Å². The minimum Gasteiger partial charge on any atom is -0.343 e. The highest BCUT2D eigenvalue weighted by Crippen LogP contribution is 2.23. The fourth-order valence-corrected chi connectivity index (χ4v) is 3.07. The van der Waals surface area contributed by atoms with E-state index < -0.39 is 57.4 Å². The van der Waals surface area contributed by atoms with Gasteiger partial charge in [0.25, 0.3) is 5.91 Å². The van der Waals surface area contributed by atoms with Crippen molar-refractivity contribution in [2.75, 3.05) is 5.32 Å². The summed E-state index contributed by atoms with van der Waals surface area (Å²) >= 11 is 0. The van der Waals surface area contributed by atoms with E-state index >= 15 is 0 Å². The largest absolute Gasteiger partial charge is 0.404 e. The van der Waals surface area contributed by atoms with Crippen LogP contribution >= 0.6 is 0 Å². The normalized spacial score (nSPS) is 14.1. The van der Waals surface area contributed by atoms with Crippen molar-refractivity contribution < 1.29 is 35.3 Å². The highest BCUT2D eigenvalue weighted by atomic mass is 32.2. The number of halogens is 6. The molecule has 6 nitrogen and oxygen atoms in total. The lowest BCUT2D eigenvalue weighted by molar-refractivity contribution is -0.146. The van der Waals surface area contributed by atoms with Gasteiger partial charge in [-0.3, -0.25) is 4.79 Å². The van der Waals surface area contributed by atoms with Crippen molar-refractivity contribution in [3.8, 4) is 0 Å². The monoisotopic (exact) mass is 414 g/mol. The maximum absolute atomic E-state index is 14.4. The number of anilines is 1. The predicted molar refractivity (Wildman–Crippen MR) is 82.5 cm³/mol. The number of aromatic nitrogens is 2. The molecular formula is C14H12F6N4O2S. The van der Waals surface area contributed by atoms with Gasteiger partial charge in [-0.2, -0.15) is 26.9 Å². The lowest BCUT2D eigenvalue weighted by Crippen LogP contribution is -2.40. The molecule has 0 aliphatic rings. The lowest BCUT2D eigenvalue weighted by atomic mass is 10.3. The number of hydrogen-bond acceptors (Lipinski definition) is 3. The molecule has 2 atom stereocenters. The summed E-state index contributed by atoms with van der Waals surface area (Å²) in [5.41, 5.74) is -1.06. The summed E-state index contributed by atoms with van der Waals surface area (Å²) in [7, 11) is -1.43. The van der Waals surface area contributed by atoms with Gasteiger partial charge >= 0.3 is 6.18 Å². The quantitative estimate of drug-likeness (QED) is 0.584. The molecule has 0 saturated carbocycles. The van der Waals surface area contributed by atoms with Crippen LogP contribution in [0, 0.1) is 17.7 Å². The first-order valence-electron chi connectivity index (χ1n) is 7.14. The highest BCUT2D eigenvalue weighted by Gasteiger charge is 2.38. The van der Waals surface area contributed by atoms with E-state index in [1.807, 2.05) is 5.32 Å². The number of aryl methyl sites for hydroxylation is 1. The zero-order valence-corrected chi connectivity index (χ0v) is 14.5. The Morgan fingerprint density at radius 3 is 2.30 bits per heavy atom. The molecule has 2 aromatic heterocycles. The summed E-state index contributed by atoms with van der Waals surface area (Å²) in [5.74, 6) is -4.97. The van der Waals surface area contributed by atoms with E-state index in [0.717, 1.165) is 10.8 Å². The Labute approximate surface area is 151 Å². The number of rotatable bonds is 5. The number of nitrogens with zero attached hydrogens (tertiary/aromatic N) is 2. The Morgan fingerprint density at radius 1 is 1.22 bits per heavy atom. The molecule has 0 fully saturated rings. The molecule has 13 heteroatoms. The maximum Gasteiger partial charge on any atom is 0.404 e. The van der Waals surface area contributed by atoms with Crippen LogP contribution in [0.4, 0.5) is 32.0 Å². The van der Waals surface area contributed by atoms with E-state index in [9.17, 15) is 35.3 Å². The minimum atomic E-state index is -4.71. The third-order valence-corrected chi connectivity index (χ3v) is 4.55. The average Bonchev–Trinajstić information content (AvgIpc) is 2.80. The molecule has 2 N–H and O–H groups in total. The van der Waals surface area contributed by atoms with Gasteiger partial charge in [0, 0.05) is 25.4 Å². The summed E-state index contributed by atoms with van der Waals surface area (Å²) in [6.07, 6.45) is -3.85. The Morgan fingerprint density at radius 2 is 1.78 bits per heavy atom. The van der Waals surface area contributed by atoms with Gasteiger partial charge in [0.2, 0.25) is 11.9 Å². The van der Waals surface area contributed by atoms with Gasteiger partial charge in [-0.25, -0.2) is 13.3 Å². The SMILES string of the molecule is CC(NS(=O)c1cn(C)c(C(=O)Nc2cc(F)nc(F)c2)c1F)C(F)(F)F. The number of alkyl halides is 3. The van der Waals surface area contributed by atoms with E-state index in [4.69, 9.17) is 0 Å². The maximum atomic E-state index is 14.4. The first-order chi connectivity index (χ1) is 12.4. The zero-order chi connectivity index (χ0) is 20.5. The van der Waals surface area contributed by atoms with E-state index in [1.54, 1.807) is 4.72 Å². The molecule has 2 rings (SSSR count). The van der Waals surface area contributed by atoms with Crippen LogP contribution in [0.15, 0.2) is 23.2 Å². The van der Waals surface area contributed by atoms with E-state index in [1.165, 1.54) is 7.05 Å². The van der Waals surface area contributed by atoms with Crippen molar-refractivity contribution in [2.24, 2.45) is 7.05 Å². The molecule has 0 aromatic carbocycles. The predicted octanol–water partition coefficient (Wildman–Crippen LogP) is 2.65. The summed E-state index contributed by atoms with van der Waals surface area (Å²) in [4.78, 5) is 14.3. The second-order valence-corrected chi connectivity index (χ2v) is 6.59. The number of carbonyl (C=O) groups is 1. The zero-order valence-electron chi connectivity index (χ0n) is 13.7. The van der Waals surface area contributed by atoms with Crippen LogP contribution in [-0.4, -0.2) is 31.9 Å². The number of nitrogens with one attached hydrogen (secondary N) is 2. The highest BCUT2D eigenvalue weighted by molar-refractivity contribution is 7.83. The second-order valence-electron chi connectivity index (χ2n) is 5.37. The Bertz CT molecular complexity index is 878. The molecule has 1 amide bonds. The Balaban J connectivity index is 2.26. The number of amides is 1. The number of hydrogen-bond donors (Lipinski definition) is 2. The van der Waals surface area contributed by atoms with Gasteiger partial charge in [-0.15, -0.1) is 0 Å². The van der Waals surface area contributed by atoms with Crippen LogP contribution < -0.4 is 10.0 Å². The van der Waals surface area contributed by atoms with Crippen molar-refractivity contribution in [3.63, 3.8) is 0 Å². The Hall–Kier alpha value is -2.41. The third kappa shape index (κ3) is 4.86. The molecule has 148 valence electrons.